The van der Waals surface area contributed by atoms with E-state index in [1.807, 2.05) is 19.9 Å². The largest absolute Gasteiger partial charge is 0.490 e. The zero-order valence-corrected chi connectivity index (χ0v) is 25.1. The average Bonchev–Trinajstić information content (AvgIpc) is 3.19. The van der Waals surface area contributed by atoms with Crippen molar-refractivity contribution >= 4 is 45.0 Å². The average molecular weight is 631 g/mol. The third-order valence-electron chi connectivity index (χ3n) is 6.18. The van der Waals surface area contributed by atoms with Gasteiger partial charge in [0, 0.05) is 11.6 Å². The van der Waals surface area contributed by atoms with Crippen LogP contribution in [0, 0.1) is 17.0 Å². The van der Waals surface area contributed by atoms with Crippen molar-refractivity contribution in [3.05, 3.63) is 92.6 Å². The van der Waals surface area contributed by atoms with E-state index in [0.29, 0.717) is 60.9 Å². The summed E-state index contributed by atoms with van der Waals surface area (Å²) in [5.74, 6) is 0.463. The fourth-order valence-corrected chi connectivity index (χ4v) is 6.09. The van der Waals surface area contributed by atoms with Gasteiger partial charge in [0.1, 0.15) is 0 Å². The van der Waals surface area contributed by atoms with Crippen LogP contribution in [0.15, 0.2) is 55.9 Å². The number of rotatable bonds is 9. The standard InChI is InChI=1S/C28H28BrN3O7S/c1-6-37-21-12-17(11-19(29)25(21)38-7-2)13-22-26(33)31-24(18-10-9-15(4)20(14-18)32(35)36)23(27(34)39-8-3)16(5)30-28(31)40-22/h9-14,24H,6-8H2,1-5H3/b22-13+/t24-/m0/s1. The van der Waals surface area contributed by atoms with Gasteiger partial charge in [0.2, 0.25) is 0 Å². The maximum atomic E-state index is 13.9. The first-order valence-electron chi connectivity index (χ1n) is 12.6. The number of thiazole rings is 1. The summed E-state index contributed by atoms with van der Waals surface area (Å²) in [5, 5.41) is 11.7. The SMILES string of the molecule is CCOC(=O)C1=C(C)N=c2s/c(=C/c3cc(Br)c(OCC)c(OCC)c3)c(=O)n2[C@H]1c1ccc(C)c([N+](=O)[O-])c1. The Kier molecular flexibility index (Phi) is 8.89. The van der Waals surface area contributed by atoms with Gasteiger partial charge in [0.15, 0.2) is 16.3 Å². The first-order valence-corrected chi connectivity index (χ1v) is 14.3. The zero-order chi connectivity index (χ0) is 29.1. The van der Waals surface area contributed by atoms with Crippen LogP contribution in [0.4, 0.5) is 5.69 Å². The van der Waals surface area contributed by atoms with E-state index in [9.17, 15) is 19.7 Å². The summed E-state index contributed by atoms with van der Waals surface area (Å²) in [5.41, 5.74) is 1.58. The van der Waals surface area contributed by atoms with Gasteiger partial charge in [-0.2, -0.15) is 0 Å². The molecule has 1 atom stereocenters. The van der Waals surface area contributed by atoms with Crippen molar-refractivity contribution in [3.63, 3.8) is 0 Å². The molecule has 12 heteroatoms. The van der Waals surface area contributed by atoms with E-state index in [1.165, 1.54) is 10.6 Å². The molecule has 0 N–H and O–H groups in total. The molecular formula is C28H28BrN3O7S. The number of aromatic nitrogens is 1. The lowest BCUT2D eigenvalue weighted by Gasteiger charge is -2.24. The molecule has 10 nitrogen and oxygen atoms in total. The molecule has 2 heterocycles. The smallest absolute Gasteiger partial charge is 0.338 e. The third-order valence-corrected chi connectivity index (χ3v) is 7.75. The second-order valence-corrected chi connectivity index (χ2v) is 10.7. The highest BCUT2D eigenvalue weighted by Gasteiger charge is 2.34. The van der Waals surface area contributed by atoms with Crippen LogP contribution in [0.3, 0.4) is 0 Å². The highest BCUT2D eigenvalue weighted by molar-refractivity contribution is 9.10. The van der Waals surface area contributed by atoms with Crippen LogP contribution in [0.2, 0.25) is 0 Å². The van der Waals surface area contributed by atoms with Crippen LogP contribution in [-0.4, -0.2) is 35.3 Å². The van der Waals surface area contributed by atoms with Crippen molar-refractivity contribution < 1.29 is 23.9 Å². The number of halogens is 1. The van der Waals surface area contributed by atoms with Crippen LogP contribution in [0.5, 0.6) is 11.5 Å². The Labute approximate surface area is 242 Å². The van der Waals surface area contributed by atoms with Crippen LogP contribution in [-0.2, 0) is 9.53 Å². The Morgan fingerprint density at radius 3 is 2.52 bits per heavy atom. The summed E-state index contributed by atoms with van der Waals surface area (Å²) in [6.07, 6.45) is 1.71. The fraction of sp³-hybridized carbons (Fsp3) is 0.321. The number of carbonyl (C=O) groups excluding carboxylic acids is 1. The van der Waals surface area contributed by atoms with Gasteiger partial charge in [-0.25, -0.2) is 9.79 Å². The topological polar surface area (TPSA) is 122 Å². The normalized spacial score (nSPS) is 14.9. The molecule has 0 fully saturated rings. The maximum Gasteiger partial charge on any atom is 0.338 e. The lowest BCUT2D eigenvalue weighted by atomic mass is 9.94. The van der Waals surface area contributed by atoms with E-state index in [0.717, 1.165) is 11.3 Å². The first-order chi connectivity index (χ1) is 19.1. The van der Waals surface area contributed by atoms with E-state index in [1.54, 1.807) is 45.0 Å². The minimum absolute atomic E-state index is 0.111. The van der Waals surface area contributed by atoms with E-state index in [-0.39, 0.29) is 17.9 Å². The molecule has 40 heavy (non-hydrogen) atoms. The zero-order valence-electron chi connectivity index (χ0n) is 22.6. The quantitative estimate of drug-likeness (QED) is 0.193. The number of benzene rings is 2. The number of aryl methyl sites for hydroxylation is 1. The first kappa shape index (κ1) is 29.2. The number of nitrogens with zero attached hydrogens (tertiary/aromatic N) is 3. The summed E-state index contributed by atoms with van der Waals surface area (Å²) in [4.78, 5) is 43.1. The molecule has 1 aromatic heterocycles. The summed E-state index contributed by atoms with van der Waals surface area (Å²) in [6, 6.07) is 7.33. The molecule has 3 aromatic rings. The predicted molar refractivity (Wildman–Crippen MR) is 155 cm³/mol. The van der Waals surface area contributed by atoms with Crippen LogP contribution >= 0.6 is 27.3 Å². The molecule has 0 aliphatic carbocycles. The van der Waals surface area contributed by atoms with Gasteiger partial charge in [-0.1, -0.05) is 23.5 Å². The molecule has 0 unspecified atom stereocenters. The molecule has 0 radical (unpaired) electrons. The number of hydrogen-bond acceptors (Lipinski definition) is 9. The number of hydrogen-bond donors (Lipinski definition) is 0. The molecule has 0 saturated carbocycles. The Hall–Kier alpha value is -3.77. The number of allylic oxidation sites excluding steroid dienone is 1. The summed E-state index contributed by atoms with van der Waals surface area (Å²) < 4.78 is 19.2. The van der Waals surface area contributed by atoms with E-state index >= 15 is 0 Å². The summed E-state index contributed by atoms with van der Waals surface area (Å²) >= 11 is 4.69. The number of nitro groups is 1. The van der Waals surface area contributed by atoms with Gasteiger partial charge < -0.3 is 14.2 Å². The van der Waals surface area contributed by atoms with Crippen molar-refractivity contribution in [1.82, 2.24) is 4.57 Å². The number of ether oxygens (including phenoxy) is 3. The second kappa shape index (κ2) is 12.2. The molecule has 0 amide bonds. The van der Waals surface area contributed by atoms with Gasteiger partial charge in [-0.05, 0) is 79.9 Å². The Bertz CT molecular complexity index is 1710. The lowest BCUT2D eigenvalue weighted by Crippen LogP contribution is -2.40. The fourth-order valence-electron chi connectivity index (χ4n) is 4.47. The number of nitro benzene ring substituents is 1. The van der Waals surface area contributed by atoms with Gasteiger partial charge in [-0.15, -0.1) is 0 Å². The van der Waals surface area contributed by atoms with Crippen LogP contribution in [0.25, 0.3) is 6.08 Å². The lowest BCUT2D eigenvalue weighted by molar-refractivity contribution is -0.385. The van der Waals surface area contributed by atoms with E-state index in [4.69, 9.17) is 14.2 Å². The molecule has 4 rings (SSSR count). The summed E-state index contributed by atoms with van der Waals surface area (Å²) in [7, 11) is 0. The maximum absolute atomic E-state index is 13.9. The molecule has 1 aliphatic rings. The molecule has 0 bridgehead atoms. The number of fused-ring (bicyclic) bond motifs is 1. The Balaban J connectivity index is 1.96. The third kappa shape index (κ3) is 5.59. The number of esters is 1. The molecule has 210 valence electrons. The van der Waals surface area contributed by atoms with Gasteiger partial charge in [0.05, 0.1) is 51.1 Å². The highest BCUT2D eigenvalue weighted by atomic mass is 79.9. The Morgan fingerprint density at radius 1 is 1.15 bits per heavy atom. The van der Waals surface area contributed by atoms with Crippen molar-refractivity contribution in [1.29, 1.82) is 0 Å². The minimum atomic E-state index is -0.956. The minimum Gasteiger partial charge on any atom is -0.490 e. The Morgan fingerprint density at radius 2 is 1.88 bits per heavy atom. The molecule has 0 saturated heterocycles. The molecule has 1 aliphatic heterocycles. The second-order valence-electron chi connectivity index (χ2n) is 8.80. The molecule has 0 spiro atoms. The van der Waals surface area contributed by atoms with Gasteiger partial charge in [0.25, 0.3) is 11.2 Å². The summed E-state index contributed by atoms with van der Waals surface area (Å²) in [6.45, 7) is 9.72. The predicted octanol–water partition coefficient (Wildman–Crippen LogP) is 4.57. The van der Waals surface area contributed by atoms with Crippen LogP contribution in [0.1, 0.15) is 50.4 Å². The van der Waals surface area contributed by atoms with E-state index < -0.39 is 22.5 Å². The van der Waals surface area contributed by atoms with Crippen LogP contribution < -0.4 is 24.4 Å². The number of carbonyl (C=O) groups is 1. The van der Waals surface area contributed by atoms with Crippen molar-refractivity contribution in [2.24, 2.45) is 4.99 Å². The van der Waals surface area contributed by atoms with E-state index in [2.05, 4.69) is 20.9 Å². The van der Waals surface area contributed by atoms with Gasteiger partial charge in [-0.3, -0.25) is 19.5 Å². The molecule has 2 aromatic carbocycles. The van der Waals surface area contributed by atoms with Crippen molar-refractivity contribution in [2.45, 2.75) is 40.7 Å². The van der Waals surface area contributed by atoms with Crippen molar-refractivity contribution in [2.75, 3.05) is 19.8 Å². The highest BCUT2D eigenvalue weighted by Crippen LogP contribution is 2.37. The van der Waals surface area contributed by atoms with Gasteiger partial charge >= 0.3 is 5.97 Å². The monoisotopic (exact) mass is 629 g/mol. The van der Waals surface area contributed by atoms with Crippen molar-refractivity contribution in [3.8, 4) is 11.5 Å². The molecular weight excluding hydrogens is 602 g/mol.